The molecule has 1 aromatic carbocycles. The maximum absolute atomic E-state index is 12.3. The van der Waals surface area contributed by atoms with E-state index in [2.05, 4.69) is 5.10 Å². The van der Waals surface area contributed by atoms with E-state index in [0.29, 0.717) is 10.6 Å². The van der Waals surface area contributed by atoms with Crippen LogP contribution in [0, 0.1) is 4.64 Å². The molecule has 3 N–H and O–H groups in total. The van der Waals surface area contributed by atoms with Gasteiger partial charge in [-0.15, -0.1) is 0 Å². The number of halogens is 1. The first-order valence-corrected chi connectivity index (χ1v) is 6.82. The number of esters is 1. The van der Waals surface area contributed by atoms with E-state index in [0.717, 1.165) is 4.68 Å². The summed E-state index contributed by atoms with van der Waals surface area (Å²) in [4.78, 5) is 24.1. The third-order valence-electron chi connectivity index (χ3n) is 2.71. The minimum atomic E-state index is -0.668. The van der Waals surface area contributed by atoms with Crippen molar-refractivity contribution in [3.63, 3.8) is 0 Å². The molecule has 0 spiro atoms. The zero-order valence-corrected chi connectivity index (χ0v) is 12.6. The first-order valence-electron chi connectivity index (χ1n) is 6.03. The van der Waals surface area contributed by atoms with Crippen LogP contribution in [0.15, 0.2) is 24.3 Å². The zero-order valence-electron chi connectivity index (χ0n) is 11.1. The second-order valence-corrected chi connectivity index (χ2v) is 4.91. The van der Waals surface area contributed by atoms with Crippen molar-refractivity contribution in [2.45, 2.75) is 6.92 Å². The third kappa shape index (κ3) is 2.98. The molecule has 0 bridgehead atoms. The van der Waals surface area contributed by atoms with E-state index in [-0.39, 0.29) is 22.6 Å². The molecule has 0 aliphatic carbocycles. The van der Waals surface area contributed by atoms with Crippen LogP contribution in [0.5, 0.6) is 0 Å². The largest absolute Gasteiger partial charge is 0.462 e. The number of nitrogens with one attached hydrogen (secondary N) is 1. The molecule has 2 rings (SSSR count). The van der Waals surface area contributed by atoms with Gasteiger partial charge in [-0.3, -0.25) is 9.89 Å². The van der Waals surface area contributed by atoms with Crippen molar-refractivity contribution in [1.29, 1.82) is 0 Å². The van der Waals surface area contributed by atoms with Gasteiger partial charge in [0.15, 0.2) is 0 Å². The Morgan fingerprint density at radius 1 is 1.38 bits per heavy atom. The molecule has 0 saturated heterocycles. The second-order valence-electron chi connectivity index (χ2n) is 4.07. The van der Waals surface area contributed by atoms with Crippen LogP contribution in [-0.2, 0) is 4.74 Å². The van der Waals surface area contributed by atoms with Gasteiger partial charge in [-0.25, -0.2) is 9.48 Å². The highest BCUT2D eigenvalue weighted by Crippen LogP contribution is 2.17. The average molecular weight is 326 g/mol. The van der Waals surface area contributed by atoms with E-state index < -0.39 is 11.9 Å². The molecule has 0 radical (unpaired) electrons. The van der Waals surface area contributed by atoms with Gasteiger partial charge in [-0.05, 0) is 31.2 Å². The van der Waals surface area contributed by atoms with Gasteiger partial charge in [0, 0.05) is 10.6 Å². The van der Waals surface area contributed by atoms with Crippen LogP contribution in [0.4, 0.5) is 5.82 Å². The number of ether oxygens (including phenoxy) is 1. The molecule has 110 valence electrons. The number of rotatable bonds is 3. The average Bonchev–Trinajstić information content (AvgIpc) is 2.74. The van der Waals surface area contributed by atoms with E-state index in [1.165, 1.54) is 0 Å². The quantitative estimate of drug-likeness (QED) is 0.668. The molecule has 0 saturated carbocycles. The fraction of sp³-hybridized carbons (Fsp3) is 0.154. The van der Waals surface area contributed by atoms with Crippen molar-refractivity contribution in [1.82, 2.24) is 9.78 Å². The molecule has 0 aliphatic rings. The van der Waals surface area contributed by atoms with Crippen molar-refractivity contribution in [2.24, 2.45) is 0 Å². The van der Waals surface area contributed by atoms with Crippen LogP contribution in [0.25, 0.3) is 0 Å². The summed E-state index contributed by atoms with van der Waals surface area (Å²) in [6.45, 7) is 1.85. The summed E-state index contributed by atoms with van der Waals surface area (Å²) in [6, 6.07) is 6.25. The molecule has 0 unspecified atom stereocenters. The highest BCUT2D eigenvalue weighted by atomic mass is 35.5. The molecule has 0 aliphatic heterocycles. The summed E-state index contributed by atoms with van der Waals surface area (Å²) in [5.74, 6) is -1.21. The van der Waals surface area contributed by atoms with Crippen molar-refractivity contribution >= 4 is 41.5 Å². The van der Waals surface area contributed by atoms with E-state index in [9.17, 15) is 9.59 Å². The van der Waals surface area contributed by atoms with Gasteiger partial charge in [0.1, 0.15) is 16.0 Å². The zero-order chi connectivity index (χ0) is 15.6. The van der Waals surface area contributed by atoms with Gasteiger partial charge in [-0.2, -0.15) is 0 Å². The fourth-order valence-electron chi connectivity index (χ4n) is 1.73. The van der Waals surface area contributed by atoms with E-state index in [1.807, 2.05) is 0 Å². The van der Waals surface area contributed by atoms with Gasteiger partial charge >= 0.3 is 5.97 Å². The van der Waals surface area contributed by atoms with Crippen molar-refractivity contribution < 1.29 is 14.3 Å². The van der Waals surface area contributed by atoms with E-state index in [4.69, 9.17) is 34.3 Å². The predicted octanol–water partition coefficient (Wildman–Crippen LogP) is 2.65. The van der Waals surface area contributed by atoms with Crippen LogP contribution in [-0.4, -0.2) is 28.3 Å². The molecular formula is C13H12ClN3O3S. The Bertz CT molecular complexity index is 749. The van der Waals surface area contributed by atoms with Gasteiger partial charge in [-0.1, -0.05) is 23.8 Å². The highest BCUT2D eigenvalue weighted by molar-refractivity contribution is 7.71. The first kappa shape index (κ1) is 15.3. The molecule has 1 heterocycles. The number of carbonyl (C=O) groups excluding carboxylic acids is 2. The predicted molar refractivity (Wildman–Crippen MR) is 81.2 cm³/mol. The third-order valence-corrected chi connectivity index (χ3v) is 3.26. The lowest BCUT2D eigenvalue weighted by Crippen LogP contribution is -2.17. The Hall–Kier alpha value is -2.12. The van der Waals surface area contributed by atoms with E-state index in [1.54, 1.807) is 31.2 Å². The number of hydrogen-bond donors (Lipinski definition) is 2. The maximum Gasteiger partial charge on any atom is 0.345 e. The van der Waals surface area contributed by atoms with Crippen molar-refractivity contribution in [3.05, 3.63) is 45.1 Å². The molecule has 0 fully saturated rings. The molecule has 8 heteroatoms. The topological polar surface area (TPSA) is 90.1 Å². The molecule has 0 atom stereocenters. The Morgan fingerprint density at radius 2 is 2.00 bits per heavy atom. The number of nitrogen functional groups attached to an aromatic ring is 1. The standard InChI is InChI=1S/C13H12ClN3O3S/c1-2-20-13(19)9-10(15)17(16-11(9)21)12(18)7-3-5-8(14)6-4-7/h3-6H,2,15H2,1H3,(H,16,21). The lowest BCUT2D eigenvalue weighted by atomic mass is 10.2. The summed E-state index contributed by atoms with van der Waals surface area (Å²) in [7, 11) is 0. The Morgan fingerprint density at radius 3 is 2.57 bits per heavy atom. The summed E-state index contributed by atoms with van der Waals surface area (Å²) < 4.78 is 5.92. The lowest BCUT2D eigenvalue weighted by molar-refractivity contribution is 0.0527. The molecular weight excluding hydrogens is 314 g/mol. The van der Waals surface area contributed by atoms with Gasteiger partial charge in [0.05, 0.1) is 6.61 Å². The van der Waals surface area contributed by atoms with Crippen LogP contribution in [0.2, 0.25) is 5.02 Å². The Balaban J connectivity index is 2.44. The number of hydrogen-bond acceptors (Lipinski definition) is 5. The molecule has 2 aromatic rings. The lowest BCUT2D eigenvalue weighted by Gasteiger charge is -2.05. The first-order chi connectivity index (χ1) is 9.95. The van der Waals surface area contributed by atoms with Crippen LogP contribution in [0.3, 0.4) is 0 Å². The van der Waals surface area contributed by atoms with Crippen molar-refractivity contribution in [3.8, 4) is 0 Å². The normalized spacial score (nSPS) is 10.4. The number of H-pyrrole nitrogens is 1. The van der Waals surface area contributed by atoms with Crippen LogP contribution < -0.4 is 5.73 Å². The van der Waals surface area contributed by atoms with Gasteiger partial charge in [0.2, 0.25) is 0 Å². The Kier molecular flexibility index (Phi) is 4.44. The number of nitrogens with zero attached hydrogens (tertiary/aromatic N) is 1. The van der Waals surface area contributed by atoms with Crippen LogP contribution >= 0.6 is 23.8 Å². The molecule has 0 amide bonds. The van der Waals surface area contributed by atoms with Gasteiger partial charge < -0.3 is 10.5 Å². The summed E-state index contributed by atoms with van der Waals surface area (Å²) in [6.07, 6.45) is 0. The Labute approximate surface area is 130 Å². The number of anilines is 1. The SMILES string of the molecule is CCOC(=O)c1c(N)n(C(=O)c2ccc(Cl)cc2)[nH]c1=S. The highest BCUT2D eigenvalue weighted by Gasteiger charge is 2.22. The molecule has 21 heavy (non-hydrogen) atoms. The second kappa shape index (κ2) is 6.11. The minimum absolute atomic E-state index is 0.0193. The van der Waals surface area contributed by atoms with Crippen molar-refractivity contribution in [2.75, 3.05) is 12.3 Å². The molecule has 6 nitrogen and oxygen atoms in total. The van der Waals surface area contributed by atoms with E-state index >= 15 is 0 Å². The number of aromatic nitrogens is 2. The number of nitrogens with two attached hydrogens (primary N) is 1. The number of carbonyl (C=O) groups is 2. The summed E-state index contributed by atoms with van der Waals surface area (Å²) in [5, 5.41) is 3.09. The van der Waals surface area contributed by atoms with Gasteiger partial charge in [0.25, 0.3) is 5.91 Å². The van der Waals surface area contributed by atoms with Crippen LogP contribution in [0.1, 0.15) is 27.6 Å². The minimum Gasteiger partial charge on any atom is -0.462 e. The summed E-state index contributed by atoms with van der Waals surface area (Å²) >= 11 is 10.8. The smallest absolute Gasteiger partial charge is 0.345 e. The molecule has 1 aromatic heterocycles. The summed E-state index contributed by atoms with van der Waals surface area (Å²) in [5.41, 5.74) is 6.15. The fourth-order valence-corrected chi connectivity index (χ4v) is 2.13. The maximum atomic E-state index is 12.3. The number of aromatic amines is 1. The monoisotopic (exact) mass is 325 g/mol. The number of benzene rings is 1.